The van der Waals surface area contributed by atoms with Crippen LogP contribution in [0.1, 0.15) is 26.3 Å². The van der Waals surface area contributed by atoms with Crippen LogP contribution >= 0.6 is 0 Å². The van der Waals surface area contributed by atoms with Gasteiger partial charge in [0.25, 0.3) is 11.8 Å². The molecule has 1 aliphatic heterocycles. The summed E-state index contributed by atoms with van der Waals surface area (Å²) in [6, 6.07) is 13.3. The van der Waals surface area contributed by atoms with E-state index in [4.69, 9.17) is 4.74 Å². The van der Waals surface area contributed by atoms with Gasteiger partial charge >= 0.3 is 0 Å². The van der Waals surface area contributed by atoms with E-state index >= 15 is 0 Å². The average Bonchev–Trinajstić information content (AvgIpc) is 2.95. The van der Waals surface area contributed by atoms with Crippen molar-refractivity contribution in [3.05, 3.63) is 65.2 Å². The average molecular weight is 395 g/mol. The third kappa shape index (κ3) is 4.85. The molecule has 0 aliphatic carbocycles. The summed E-state index contributed by atoms with van der Waals surface area (Å²) in [6.07, 6.45) is 0.215. The molecule has 1 aliphatic rings. The molecule has 29 heavy (non-hydrogen) atoms. The second-order valence-electron chi connectivity index (χ2n) is 6.51. The fourth-order valence-corrected chi connectivity index (χ4v) is 2.97. The zero-order valence-corrected chi connectivity index (χ0v) is 15.9. The Hall–Kier alpha value is -3.52. The largest absolute Gasteiger partial charge is 0.383 e. The van der Waals surface area contributed by atoms with Crippen molar-refractivity contribution in [1.82, 2.24) is 10.2 Å². The van der Waals surface area contributed by atoms with Crippen molar-refractivity contribution >= 4 is 29.3 Å². The number of ether oxygens (including phenoxy) is 1. The van der Waals surface area contributed by atoms with E-state index in [0.29, 0.717) is 30.0 Å². The Labute approximate surface area is 167 Å². The molecule has 0 atom stereocenters. The Balaban J connectivity index is 1.53. The fourth-order valence-electron chi connectivity index (χ4n) is 2.97. The Bertz CT molecular complexity index is 905. The Morgan fingerprint density at radius 1 is 0.931 bits per heavy atom. The molecule has 8 nitrogen and oxygen atoms in total. The van der Waals surface area contributed by atoms with Gasteiger partial charge < -0.3 is 15.4 Å². The number of hydrogen-bond acceptors (Lipinski definition) is 5. The molecule has 0 bridgehead atoms. The molecular weight excluding hydrogens is 374 g/mol. The van der Waals surface area contributed by atoms with Crippen molar-refractivity contribution in [1.29, 1.82) is 0 Å². The van der Waals surface area contributed by atoms with Crippen LogP contribution in [0.2, 0.25) is 0 Å². The first-order valence-electron chi connectivity index (χ1n) is 9.09. The number of carbonyl (C=O) groups is 4. The zero-order valence-electron chi connectivity index (χ0n) is 15.9. The van der Waals surface area contributed by atoms with E-state index in [-0.39, 0.29) is 18.9 Å². The van der Waals surface area contributed by atoms with Gasteiger partial charge in [0.15, 0.2) is 0 Å². The molecule has 2 N–H and O–H groups in total. The number of nitrogens with zero attached hydrogens (tertiary/aromatic N) is 1. The van der Waals surface area contributed by atoms with Gasteiger partial charge in [-0.1, -0.05) is 24.3 Å². The van der Waals surface area contributed by atoms with Gasteiger partial charge in [-0.05, 0) is 29.8 Å². The summed E-state index contributed by atoms with van der Waals surface area (Å²) in [5.41, 5.74) is 1.91. The van der Waals surface area contributed by atoms with Gasteiger partial charge in [0.1, 0.15) is 6.54 Å². The molecule has 2 aromatic carbocycles. The normalized spacial score (nSPS) is 12.7. The van der Waals surface area contributed by atoms with Gasteiger partial charge in [0, 0.05) is 19.3 Å². The summed E-state index contributed by atoms with van der Waals surface area (Å²) in [5, 5.41) is 5.39. The highest BCUT2D eigenvalue weighted by Crippen LogP contribution is 2.22. The predicted octanol–water partition coefficient (Wildman–Crippen LogP) is 1.23. The van der Waals surface area contributed by atoms with Crippen molar-refractivity contribution in [2.24, 2.45) is 0 Å². The summed E-state index contributed by atoms with van der Waals surface area (Å²) in [6.45, 7) is 0.529. The van der Waals surface area contributed by atoms with Crippen LogP contribution in [-0.2, 0) is 20.7 Å². The van der Waals surface area contributed by atoms with E-state index in [1.54, 1.807) is 55.6 Å². The second-order valence-corrected chi connectivity index (χ2v) is 6.51. The molecule has 3 rings (SSSR count). The van der Waals surface area contributed by atoms with Crippen molar-refractivity contribution in [2.75, 3.05) is 32.1 Å². The Morgan fingerprint density at radius 2 is 1.55 bits per heavy atom. The van der Waals surface area contributed by atoms with E-state index in [0.717, 1.165) is 10.5 Å². The van der Waals surface area contributed by atoms with Crippen LogP contribution in [0, 0.1) is 0 Å². The van der Waals surface area contributed by atoms with Crippen LogP contribution in [0.4, 0.5) is 5.69 Å². The van der Waals surface area contributed by atoms with Gasteiger partial charge in [0.05, 0.1) is 24.2 Å². The molecule has 0 saturated carbocycles. The minimum Gasteiger partial charge on any atom is -0.383 e. The van der Waals surface area contributed by atoms with E-state index in [2.05, 4.69) is 10.6 Å². The van der Waals surface area contributed by atoms with Gasteiger partial charge in [-0.15, -0.1) is 0 Å². The van der Waals surface area contributed by atoms with Crippen LogP contribution < -0.4 is 10.6 Å². The monoisotopic (exact) mass is 395 g/mol. The van der Waals surface area contributed by atoms with Gasteiger partial charge in [-0.25, -0.2) is 0 Å². The van der Waals surface area contributed by atoms with Gasteiger partial charge in [-0.2, -0.15) is 0 Å². The minimum absolute atomic E-state index is 0.121. The third-order valence-corrected chi connectivity index (χ3v) is 4.41. The number of rotatable bonds is 8. The lowest BCUT2D eigenvalue weighted by atomic mass is 10.1. The highest BCUT2D eigenvalue weighted by molar-refractivity contribution is 6.22. The number of carbonyl (C=O) groups excluding carboxylic acids is 4. The first-order chi connectivity index (χ1) is 14.0. The summed E-state index contributed by atoms with van der Waals surface area (Å²) >= 11 is 0. The van der Waals surface area contributed by atoms with Crippen LogP contribution in [0.3, 0.4) is 0 Å². The summed E-state index contributed by atoms with van der Waals surface area (Å²) in [4.78, 5) is 49.6. The van der Waals surface area contributed by atoms with E-state index in [9.17, 15) is 19.2 Å². The number of nitrogens with one attached hydrogen (secondary N) is 2. The topological polar surface area (TPSA) is 105 Å². The number of hydrogen-bond donors (Lipinski definition) is 2. The smallest absolute Gasteiger partial charge is 0.262 e. The Kier molecular flexibility index (Phi) is 6.36. The molecule has 8 heteroatoms. The number of benzene rings is 2. The highest BCUT2D eigenvalue weighted by Gasteiger charge is 2.36. The van der Waals surface area contributed by atoms with Gasteiger partial charge in [-0.3, -0.25) is 24.1 Å². The third-order valence-electron chi connectivity index (χ3n) is 4.41. The number of methoxy groups -OCH3 is 1. The maximum absolute atomic E-state index is 12.3. The van der Waals surface area contributed by atoms with Crippen LogP contribution in [0.25, 0.3) is 0 Å². The lowest BCUT2D eigenvalue weighted by Gasteiger charge is -2.14. The molecule has 0 spiro atoms. The van der Waals surface area contributed by atoms with Crippen LogP contribution in [0.5, 0.6) is 0 Å². The SMILES string of the molecule is COCCNC(=O)Cc1ccc(NC(=O)CN2C(=O)c3ccccc3C2=O)cc1. The number of fused-ring (bicyclic) bond motifs is 1. The summed E-state index contributed by atoms with van der Waals surface area (Å²) in [5.74, 6) is -1.56. The zero-order chi connectivity index (χ0) is 20.8. The number of imide groups is 1. The van der Waals surface area contributed by atoms with Crippen molar-refractivity contribution in [3.8, 4) is 0 Å². The summed E-state index contributed by atoms with van der Waals surface area (Å²) in [7, 11) is 1.56. The minimum atomic E-state index is -0.482. The molecule has 0 aromatic heterocycles. The van der Waals surface area contributed by atoms with Crippen LogP contribution in [-0.4, -0.2) is 55.3 Å². The molecule has 0 fully saturated rings. The first kappa shape index (κ1) is 20.2. The van der Waals surface area contributed by atoms with E-state index < -0.39 is 17.7 Å². The first-order valence-corrected chi connectivity index (χ1v) is 9.09. The molecule has 0 saturated heterocycles. The van der Waals surface area contributed by atoms with Crippen LogP contribution in [0.15, 0.2) is 48.5 Å². The molecular formula is C21H21N3O5. The standard InChI is InChI=1S/C21H21N3O5/c1-29-11-10-22-18(25)12-14-6-8-15(9-7-14)23-19(26)13-24-20(27)16-4-2-3-5-17(16)21(24)28/h2-9H,10-13H2,1H3,(H,22,25)(H,23,26). The fraction of sp³-hybridized carbons (Fsp3) is 0.238. The van der Waals surface area contributed by atoms with E-state index in [1.165, 1.54) is 0 Å². The number of amides is 4. The molecule has 0 radical (unpaired) electrons. The maximum atomic E-state index is 12.3. The maximum Gasteiger partial charge on any atom is 0.262 e. The second kappa shape index (κ2) is 9.11. The molecule has 0 unspecified atom stereocenters. The molecule has 2 aromatic rings. The lowest BCUT2D eigenvalue weighted by Crippen LogP contribution is -2.37. The van der Waals surface area contributed by atoms with Crippen molar-refractivity contribution in [3.63, 3.8) is 0 Å². The van der Waals surface area contributed by atoms with E-state index in [1.807, 2.05) is 0 Å². The van der Waals surface area contributed by atoms with Crippen molar-refractivity contribution in [2.45, 2.75) is 6.42 Å². The predicted molar refractivity (Wildman–Crippen MR) is 105 cm³/mol. The molecule has 150 valence electrons. The highest BCUT2D eigenvalue weighted by atomic mass is 16.5. The van der Waals surface area contributed by atoms with Gasteiger partial charge in [0.2, 0.25) is 11.8 Å². The lowest BCUT2D eigenvalue weighted by molar-refractivity contribution is -0.120. The molecule has 4 amide bonds. The van der Waals surface area contributed by atoms with Crippen molar-refractivity contribution < 1.29 is 23.9 Å². The molecule has 1 heterocycles. The Morgan fingerprint density at radius 3 is 2.14 bits per heavy atom. The summed E-state index contributed by atoms with van der Waals surface area (Å²) < 4.78 is 4.87. The quantitative estimate of drug-likeness (QED) is 0.517. The number of anilines is 1.